The number of aromatic nitrogens is 3. The maximum Gasteiger partial charge on any atom is 0.191 e. The van der Waals surface area contributed by atoms with Crippen molar-refractivity contribution in [1.29, 1.82) is 0 Å². The Bertz CT molecular complexity index is 1150. The van der Waals surface area contributed by atoms with E-state index < -0.39 is 0 Å². The van der Waals surface area contributed by atoms with E-state index in [4.69, 9.17) is 0 Å². The van der Waals surface area contributed by atoms with Crippen LogP contribution in [0.15, 0.2) is 53.7 Å². The Morgan fingerprint density at radius 1 is 1.10 bits per heavy atom. The summed E-state index contributed by atoms with van der Waals surface area (Å²) < 4.78 is 2.24. The van der Waals surface area contributed by atoms with Crippen LogP contribution in [0.5, 0.6) is 0 Å². The molecule has 6 nitrogen and oxygen atoms in total. The number of para-hydroxylation sites is 2. The van der Waals surface area contributed by atoms with Gasteiger partial charge in [0.2, 0.25) is 0 Å². The standard InChI is InChI=1S/C23H28N6/c1-16-8-9-19-18(15-27-21(19)14-16)10-11-25-23(24-3)26-12-13-29-17(2)28-20-6-4-5-7-22(20)29/h4-9,14-15,27H,10-13H2,1-3H3,(H2,24,25,26). The fraction of sp³-hybridized carbons (Fsp3) is 0.304. The number of aromatic amines is 1. The van der Waals surface area contributed by atoms with Gasteiger partial charge >= 0.3 is 0 Å². The van der Waals surface area contributed by atoms with Crippen LogP contribution in [0.25, 0.3) is 21.9 Å². The Hall–Kier alpha value is -3.28. The summed E-state index contributed by atoms with van der Waals surface area (Å²) in [6.45, 7) is 6.62. The van der Waals surface area contributed by atoms with Gasteiger partial charge in [0.05, 0.1) is 11.0 Å². The minimum Gasteiger partial charge on any atom is -0.361 e. The van der Waals surface area contributed by atoms with Crippen LogP contribution in [-0.2, 0) is 13.0 Å². The van der Waals surface area contributed by atoms with Crippen molar-refractivity contribution in [2.45, 2.75) is 26.8 Å². The van der Waals surface area contributed by atoms with E-state index in [1.54, 1.807) is 0 Å². The molecular weight excluding hydrogens is 360 g/mol. The monoisotopic (exact) mass is 388 g/mol. The summed E-state index contributed by atoms with van der Waals surface area (Å²) in [7, 11) is 1.81. The van der Waals surface area contributed by atoms with Crippen LogP contribution in [0.1, 0.15) is 17.0 Å². The smallest absolute Gasteiger partial charge is 0.191 e. The fourth-order valence-corrected chi connectivity index (χ4v) is 3.81. The van der Waals surface area contributed by atoms with Crippen LogP contribution in [0.3, 0.4) is 0 Å². The molecule has 150 valence electrons. The Kier molecular flexibility index (Phi) is 5.51. The molecule has 2 aromatic heterocycles. The van der Waals surface area contributed by atoms with Gasteiger partial charge in [-0.15, -0.1) is 0 Å². The highest BCUT2D eigenvalue weighted by atomic mass is 15.2. The molecule has 0 saturated heterocycles. The number of H-pyrrole nitrogens is 1. The van der Waals surface area contributed by atoms with Crippen molar-refractivity contribution >= 4 is 27.9 Å². The first-order valence-electron chi connectivity index (χ1n) is 10.1. The highest BCUT2D eigenvalue weighted by Crippen LogP contribution is 2.19. The number of imidazole rings is 1. The number of hydrogen-bond donors (Lipinski definition) is 3. The van der Waals surface area contributed by atoms with E-state index in [9.17, 15) is 0 Å². The summed E-state index contributed by atoms with van der Waals surface area (Å²) in [5.74, 6) is 1.85. The summed E-state index contributed by atoms with van der Waals surface area (Å²) in [5, 5.41) is 8.12. The molecule has 2 heterocycles. The first-order chi connectivity index (χ1) is 14.2. The number of rotatable bonds is 6. The SMILES string of the molecule is CN=C(NCCc1c[nH]c2cc(C)ccc12)NCCn1c(C)nc2ccccc21. The van der Waals surface area contributed by atoms with E-state index in [0.717, 1.165) is 43.4 Å². The second kappa shape index (κ2) is 8.39. The van der Waals surface area contributed by atoms with Crippen molar-refractivity contribution < 1.29 is 0 Å². The van der Waals surface area contributed by atoms with E-state index in [1.807, 2.05) is 13.1 Å². The molecule has 0 aliphatic rings. The molecule has 0 saturated carbocycles. The molecule has 6 heteroatoms. The molecule has 29 heavy (non-hydrogen) atoms. The molecule has 0 unspecified atom stereocenters. The highest BCUT2D eigenvalue weighted by molar-refractivity contribution is 5.84. The Morgan fingerprint density at radius 3 is 2.79 bits per heavy atom. The van der Waals surface area contributed by atoms with Gasteiger partial charge in [-0.05, 0) is 49.6 Å². The normalized spacial score (nSPS) is 12.0. The molecular formula is C23H28N6. The van der Waals surface area contributed by atoms with Crippen molar-refractivity contribution in [1.82, 2.24) is 25.2 Å². The van der Waals surface area contributed by atoms with Gasteiger partial charge in [-0.3, -0.25) is 4.99 Å². The predicted octanol–water partition coefficient (Wildman–Crippen LogP) is 3.54. The van der Waals surface area contributed by atoms with Gasteiger partial charge in [-0.25, -0.2) is 4.98 Å². The number of nitrogens with zero attached hydrogens (tertiary/aromatic N) is 3. The van der Waals surface area contributed by atoms with Gasteiger partial charge < -0.3 is 20.2 Å². The second-order valence-electron chi connectivity index (χ2n) is 7.34. The number of nitrogens with one attached hydrogen (secondary N) is 3. The molecule has 3 N–H and O–H groups in total. The quantitative estimate of drug-likeness (QED) is 0.349. The summed E-state index contributed by atoms with van der Waals surface area (Å²) in [6, 6.07) is 14.8. The summed E-state index contributed by atoms with van der Waals surface area (Å²) >= 11 is 0. The Balaban J connectivity index is 1.30. The van der Waals surface area contributed by atoms with Crippen LogP contribution < -0.4 is 10.6 Å². The van der Waals surface area contributed by atoms with Crippen LogP contribution >= 0.6 is 0 Å². The summed E-state index contributed by atoms with van der Waals surface area (Å²) in [6.07, 6.45) is 3.05. The third-order valence-corrected chi connectivity index (χ3v) is 5.31. The van der Waals surface area contributed by atoms with Gasteiger partial charge in [-0.1, -0.05) is 24.3 Å². The Morgan fingerprint density at radius 2 is 1.93 bits per heavy atom. The minimum absolute atomic E-state index is 0.785. The average Bonchev–Trinajstić information content (AvgIpc) is 3.26. The lowest BCUT2D eigenvalue weighted by Crippen LogP contribution is -2.39. The zero-order chi connectivity index (χ0) is 20.2. The number of aryl methyl sites for hydroxylation is 2. The molecule has 2 aromatic carbocycles. The zero-order valence-electron chi connectivity index (χ0n) is 17.3. The molecule has 0 radical (unpaired) electrons. The molecule has 4 aromatic rings. The molecule has 0 aliphatic carbocycles. The predicted molar refractivity (Wildman–Crippen MR) is 121 cm³/mol. The number of aliphatic imine (C=N–C) groups is 1. The summed E-state index contributed by atoms with van der Waals surface area (Å²) in [4.78, 5) is 12.3. The molecule has 4 rings (SSSR count). The van der Waals surface area contributed by atoms with Gasteiger partial charge in [0.1, 0.15) is 5.82 Å². The lowest BCUT2D eigenvalue weighted by Gasteiger charge is -2.13. The Labute approximate surface area is 171 Å². The van der Waals surface area contributed by atoms with Crippen molar-refractivity contribution in [2.24, 2.45) is 4.99 Å². The molecule has 0 aliphatic heterocycles. The van der Waals surface area contributed by atoms with Crippen molar-refractivity contribution in [2.75, 3.05) is 20.1 Å². The van der Waals surface area contributed by atoms with Gasteiger partial charge in [0, 0.05) is 43.8 Å². The zero-order valence-corrected chi connectivity index (χ0v) is 17.3. The van der Waals surface area contributed by atoms with Crippen molar-refractivity contribution in [3.05, 3.63) is 65.6 Å². The minimum atomic E-state index is 0.785. The van der Waals surface area contributed by atoms with Crippen LogP contribution in [0, 0.1) is 13.8 Å². The van der Waals surface area contributed by atoms with Crippen LogP contribution in [-0.4, -0.2) is 40.6 Å². The largest absolute Gasteiger partial charge is 0.361 e. The number of fused-ring (bicyclic) bond motifs is 2. The second-order valence-corrected chi connectivity index (χ2v) is 7.34. The lowest BCUT2D eigenvalue weighted by atomic mass is 10.1. The third-order valence-electron chi connectivity index (χ3n) is 5.31. The van der Waals surface area contributed by atoms with E-state index in [1.165, 1.54) is 27.5 Å². The average molecular weight is 389 g/mol. The topological polar surface area (TPSA) is 70.0 Å². The fourth-order valence-electron chi connectivity index (χ4n) is 3.81. The lowest BCUT2D eigenvalue weighted by molar-refractivity contribution is 0.660. The van der Waals surface area contributed by atoms with Crippen molar-refractivity contribution in [3.8, 4) is 0 Å². The van der Waals surface area contributed by atoms with E-state index in [0.29, 0.717) is 0 Å². The first kappa shape index (κ1) is 19.1. The van der Waals surface area contributed by atoms with E-state index in [2.05, 4.69) is 86.6 Å². The van der Waals surface area contributed by atoms with E-state index >= 15 is 0 Å². The summed E-state index contributed by atoms with van der Waals surface area (Å²) in [5.41, 5.74) is 6.01. The molecule has 0 atom stereocenters. The molecule has 0 amide bonds. The molecule has 0 fully saturated rings. The number of hydrogen-bond acceptors (Lipinski definition) is 2. The van der Waals surface area contributed by atoms with Gasteiger partial charge in [-0.2, -0.15) is 0 Å². The highest BCUT2D eigenvalue weighted by Gasteiger charge is 2.07. The maximum absolute atomic E-state index is 4.63. The van der Waals surface area contributed by atoms with Gasteiger partial charge in [0.25, 0.3) is 0 Å². The van der Waals surface area contributed by atoms with E-state index in [-0.39, 0.29) is 0 Å². The van der Waals surface area contributed by atoms with Gasteiger partial charge in [0.15, 0.2) is 5.96 Å². The number of benzene rings is 2. The maximum atomic E-state index is 4.63. The first-order valence-corrected chi connectivity index (χ1v) is 10.1. The van der Waals surface area contributed by atoms with Crippen molar-refractivity contribution in [3.63, 3.8) is 0 Å². The number of guanidine groups is 1. The molecule has 0 bridgehead atoms. The molecule has 0 spiro atoms. The van der Waals surface area contributed by atoms with Crippen LogP contribution in [0.2, 0.25) is 0 Å². The third kappa shape index (κ3) is 4.11. The van der Waals surface area contributed by atoms with Crippen LogP contribution in [0.4, 0.5) is 0 Å².